The fraction of sp³-hybridized carbons (Fsp3) is 0.778. The quantitative estimate of drug-likeness (QED) is 0.429. The van der Waals surface area contributed by atoms with Crippen molar-refractivity contribution in [3.63, 3.8) is 0 Å². The van der Waals surface area contributed by atoms with E-state index in [1.54, 1.807) is 0 Å². The van der Waals surface area contributed by atoms with Gasteiger partial charge in [-0.3, -0.25) is 0 Å². The molecule has 2 N–H and O–H groups in total. The topological polar surface area (TPSA) is 24.1 Å². The van der Waals surface area contributed by atoms with Crippen molar-refractivity contribution in [3.05, 3.63) is 0 Å². The van der Waals surface area contributed by atoms with Gasteiger partial charge in [-0.15, -0.1) is 12.3 Å². The summed E-state index contributed by atoms with van der Waals surface area (Å²) in [7, 11) is 1.96. The lowest BCUT2D eigenvalue weighted by atomic mass is 10.2. The lowest BCUT2D eigenvalue weighted by molar-refractivity contribution is 0.578. The van der Waals surface area contributed by atoms with E-state index < -0.39 is 0 Å². The molecule has 1 atom stereocenters. The molecule has 64 valence electrons. The minimum Gasteiger partial charge on any atom is -0.320 e. The third-order valence-corrected chi connectivity index (χ3v) is 1.52. The predicted octanol–water partition coefficient (Wildman–Crippen LogP) is 0.455. The summed E-state index contributed by atoms with van der Waals surface area (Å²) in [6.45, 7) is 5.09. The molecule has 11 heavy (non-hydrogen) atoms. The van der Waals surface area contributed by atoms with Crippen molar-refractivity contribution in [2.45, 2.75) is 13.3 Å². The monoisotopic (exact) mass is 154 g/mol. The van der Waals surface area contributed by atoms with E-state index in [0.29, 0.717) is 5.92 Å². The first-order valence-corrected chi connectivity index (χ1v) is 4.12. The molecule has 0 aromatic rings. The van der Waals surface area contributed by atoms with Crippen LogP contribution in [0.4, 0.5) is 0 Å². The molecule has 0 saturated carbocycles. The largest absolute Gasteiger partial charge is 0.320 e. The first-order valence-electron chi connectivity index (χ1n) is 4.12. The van der Waals surface area contributed by atoms with Gasteiger partial charge in [0.1, 0.15) is 0 Å². The average Bonchev–Trinajstić information content (AvgIpc) is 2.04. The maximum atomic E-state index is 5.21. The van der Waals surface area contributed by atoms with Crippen molar-refractivity contribution in [1.82, 2.24) is 10.6 Å². The Morgan fingerprint density at radius 2 is 2.18 bits per heavy atom. The van der Waals surface area contributed by atoms with Gasteiger partial charge in [-0.05, 0) is 26.6 Å². The number of rotatable bonds is 6. The summed E-state index contributed by atoms with van der Waals surface area (Å²) in [6, 6.07) is 0. The molecule has 0 heterocycles. The highest BCUT2D eigenvalue weighted by Gasteiger charge is 1.93. The summed E-state index contributed by atoms with van der Waals surface area (Å²) < 4.78 is 0. The molecule has 0 aliphatic heterocycles. The Hall–Kier alpha value is -0.520. The van der Waals surface area contributed by atoms with Crippen molar-refractivity contribution < 1.29 is 0 Å². The van der Waals surface area contributed by atoms with Crippen LogP contribution in [0.1, 0.15) is 13.3 Å². The van der Waals surface area contributed by atoms with E-state index in [1.165, 1.54) is 0 Å². The summed E-state index contributed by atoms with van der Waals surface area (Å²) in [4.78, 5) is 0. The van der Waals surface area contributed by atoms with E-state index in [4.69, 9.17) is 6.42 Å². The second-order valence-corrected chi connectivity index (χ2v) is 2.73. The van der Waals surface area contributed by atoms with E-state index in [-0.39, 0.29) is 0 Å². The van der Waals surface area contributed by atoms with Crippen LogP contribution in [0.15, 0.2) is 0 Å². The Labute approximate surface area is 69.8 Å². The van der Waals surface area contributed by atoms with Gasteiger partial charge >= 0.3 is 0 Å². The van der Waals surface area contributed by atoms with Gasteiger partial charge in [-0.2, -0.15) is 0 Å². The highest BCUT2D eigenvalue weighted by Crippen LogP contribution is 1.86. The lowest BCUT2D eigenvalue weighted by Crippen LogP contribution is -2.23. The van der Waals surface area contributed by atoms with Crippen LogP contribution in [0.25, 0.3) is 0 Å². The zero-order valence-corrected chi connectivity index (χ0v) is 7.48. The van der Waals surface area contributed by atoms with Gasteiger partial charge in [0.25, 0.3) is 0 Å². The molecule has 0 aromatic carbocycles. The lowest BCUT2D eigenvalue weighted by Gasteiger charge is -2.05. The molecule has 0 saturated heterocycles. The maximum absolute atomic E-state index is 5.21. The first-order chi connectivity index (χ1) is 5.31. The van der Waals surface area contributed by atoms with Crippen LogP contribution in [-0.2, 0) is 0 Å². The van der Waals surface area contributed by atoms with E-state index in [1.807, 2.05) is 14.0 Å². The van der Waals surface area contributed by atoms with E-state index in [0.717, 1.165) is 26.1 Å². The Morgan fingerprint density at radius 1 is 1.45 bits per heavy atom. The molecule has 2 heteroatoms. The van der Waals surface area contributed by atoms with Crippen molar-refractivity contribution in [2.75, 3.05) is 26.7 Å². The minimum atomic E-state index is 0.351. The molecule has 0 fully saturated rings. The standard InChI is InChI=1S/C9H18N2/c1-4-9(2)8-11-7-5-6-10-3/h1,9-11H,5-8H2,2-3H3. The van der Waals surface area contributed by atoms with Crippen molar-refractivity contribution in [2.24, 2.45) is 5.92 Å². The first kappa shape index (κ1) is 10.5. The molecular formula is C9H18N2. The van der Waals surface area contributed by atoms with Crippen LogP contribution in [-0.4, -0.2) is 26.7 Å². The number of hydrogen-bond donors (Lipinski definition) is 2. The summed E-state index contributed by atoms with van der Waals surface area (Å²) in [5.41, 5.74) is 0. The van der Waals surface area contributed by atoms with Gasteiger partial charge < -0.3 is 10.6 Å². The van der Waals surface area contributed by atoms with Crippen molar-refractivity contribution in [3.8, 4) is 12.3 Å². The Bertz CT molecular complexity index is 115. The molecule has 0 aromatic heterocycles. The van der Waals surface area contributed by atoms with Gasteiger partial charge in [0.2, 0.25) is 0 Å². The second kappa shape index (κ2) is 7.59. The Balaban J connectivity index is 2.97. The molecule has 0 rings (SSSR count). The summed E-state index contributed by atoms with van der Waals surface area (Å²) in [5, 5.41) is 6.38. The fourth-order valence-corrected chi connectivity index (χ4v) is 0.768. The number of nitrogens with one attached hydrogen (secondary N) is 2. The average molecular weight is 154 g/mol. The molecule has 0 aliphatic carbocycles. The van der Waals surface area contributed by atoms with Gasteiger partial charge in [-0.1, -0.05) is 6.92 Å². The summed E-state index contributed by atoms with van der Waals surface area (Å²) >= 11 is 0. The molecule has 0 bridgehead atoms. The number of terminal acetylenes is 1. The van der Waals surface area contributed by atoms with Crippen LogP contribution < -0.4 is 10.6 Å². The van der Waals surface area contributed by atoms with Gasteiger partial charge in [-0.25, -0.2) is 0 Å². The minimum absolute atomic E-state index is 0.351. The molecular weight excluding hydrogens is 136 g/mol. The SMILES string of the molecule is C#CC(C)CNCCCNC. The van der Waals surface area contributed by atoms with E-state index >= 15 is 0 Å². The zero-order valence-electron chi connectivity index (χ0n) is 7.48. The third kappa shape index (κ3) is 7.38. The zero-order chi connectivity index (χ0) is 8.53. The molecule has 0 spiro atoms. The molecule has 1 unspecified atom stereocenters. The Kier molecular flexibility index (Phi) is 7.23. The predicted molar refractivity (Wildman–Crippen MR) is 49.4 cm³/mol. The second-order valence-electron chi connectivity index (χ2n) is 2.73. The maximum Gasteiger partial charge on any atom is 0.0296 e. The van der Waals surface area contributed by atoms with Gasteiger partial charge in [0.15, 0.2) is 0 Å². The highest BCUT2D eigenvalue weighted by atomic mass is 14.9. The Morgan fingerprint density at radius 3 is 2.73 bits per heavy atom. The fourth-order valence-electron chi connectivity index (χ4n) is 0.768. The molecule has 0 amide bonds. The third-order valence-electron chi connectivity index (χ3n) is 1.52. The van der Waals surface area contributed by atoms with Crippen molar-refractivity contribution >= 4 is 0 Å². The molecule has 0 aliphatic rings. The molecule has 2 nitrogen and oxygen atoms in total. The van der Waals surface area contributed by atoms with Crippen molar-refractivity contribution in [1.29, 1.82) is 0 Å². The van der Waals surface area contributed by atoms with Crippen LogP contribution in [0.2, 0.25) is 0 Å². The van der Waals surface area contributed by atoms with Crippen LogP contribution >= 0.6 is 0 Å². The smallest absolute Gasteiger partial charge is 0.0296 e. The van der Waals surface area contributed by atoms with Crippen LogP contribution in [0.5, 0.6) is 0 Å². The van der Waals surface area contributed by atoms with E-state index in [2.05, 4.69) is 16.6 Å². The number of hydrogen-bond acceptors (Lipinski definition) is 2. The van der Waals surface area contributed by atoms with Crippen LogP contribution in [0, 0.1) is 18.3 Å². The summed E-state index contributed by atoms with van der Waals surface area (Å²) in [6.07, 6.45) is 6.37. The van der Waals surface area contributed by atoms with Crippen LogP contribution in [0.3, 0.4) is 0 Å². The van der Waals surface area contributed by atoms with E-state index in [9.17, 15) is 0 Å². The van der Waals surface area contributed by atoms with Gasteiger partial charge in [0.05, 0.1) is 0 Å². The van der Waals surface area contributed by atoms with Gasteiger partial charge in [0, 0.05) is 12.5 Å². The normalized spacial score (nSPS) is 12.5. The highest BCUT2D eigenvalue weighted by molar-refractivity contribution is 4.91. The molecule has 0 radical (unpaired) electrons. The summed E-state index contributed by atoms with van der Waals surface area (Å²) in [5.74, 6) is 3.03.